The van der Waals surface area contributed by atoms with Gasteiger partial charge in [-0.3, -0.25) is 0 Å². The van der Waals surface area contributed by atoms with Crippen LogP contribution in [-0.2, 0) is 18.8 Å². The van der Waals surface area contributed by atoms with Crippen molar-refractivity contribution in [3.8, 4) is 33.6 Å². The van der Waals surface area contributed by atoms with Gasteiger partial charge in [0.15, 0.2) is 12.4 Å². The van der Waals surface area contributed by atoms with Gasteiger partial charge in [0.05, 0.1) is 22.6 Å². The minimum absolute atomic E-state index is 0.115. The van der Waals surface area contributed by atoms with E-state index >= 15 is 0 Å². The van der Waals surface area contributed by atoms with Crippen LogP contribution in [0.15, 0.2) is 110 Å². The van der Waals surface area contributed by atoms with Gasteiger partial charge in [-0.1, -0.05) is 48.5 Å². The van der Waals surface area contributed by atoms with Crippen LogP contribution in [0.4, 0.5) is 26.3 Å². The van der Waals surface area contributed by atoms with Crippen LogP contribution in [-0.4, -0.2) is 0 Å². The van der Waals surface area contributed by atoms with Crippen LogP contribution >= 0.6 is 0 Å². The van der Waals surface area contributed by atoms with Crippen molar-refractivity contribution in [2.45, 2.75) is 44.1 Å². The lowest BCUT2D eigenvalue weighted by molar-refractivity contribution is -0.727. The Balaban J connectivity index is 1.58. The first-order valence-corrected chi connectivity index (χ1v) is 14.7. The number of aryl methyl sites for hydroxylation is 1. The molecule has 0 radical (unpaired) electrons. The van der Waals surface area contributed by atoms with Crippen molar-refractivity contribution in [1.29, 1.82) is 0 Å². The highest BCUT2D eigenvalue weighted by molar-refractivity contribution is 5.73. The predicted molar refractivity (Wildman–Crippen MR) is 160 cm³/mol. The van der Waals surface area contributed by atoms with Crippen molar-refractivity contribution in [3.63, 3.8) is 0 Å². The zero-order valence-electron chi connectivity index (χ0n) is 24.3. The molecule has 0 aliphatic carbocycles. The molecular weight excluding hydrogens is 586 g/mol. The monoisotopic (exact) mass is 614 g/mol. The Morgan fingerprint density at radius 3 is 2.18 bits per heavy atom. The molecule has 2 aromatic heterocycles. The summed E-state index contributed by atoms with van der Waals surface area (Å²) < 4.78 is 90.7. The van der Waals surface area contributed by atoms with E-state index in [0.717, 1.165) is 33.5 Å². The van der Waals surface area contributed by atoms with E-state index in [1.165, 1.54) is 6.07 Å². The molecule has 0 N–H and O–H groups in total. The number of allylic oxidation sites excluding steroid dienone is 1. The molecule has 8 heteroatoms. The highest BCUT2D eigenvalue weighted by Gasteiger charge is 2.50. The van der Waals surface area contributed by atoms with Crippen molar-refractivity contribution in [3.05, 3.63) is 138 Å². The molecule has 0 bridgehead atoms. The second-order valence-electron chi connectivity index (χ2n) is 11.7. The third-order valence-corrected chi connectivity index (χ3v) is 9.12. The van der Waals surface area contributed by atoms with Crippen LogP contribution < -0.4 is 9.13 Å². The fraction of sp³-hybridized carbons (Fsp3) is 0.189. The second kappa shape index (κ2) is 10.4. The molecule has 0 fully saturated rings. The van der Waals surface area contributed by atoms with E-state index < -0.39 is 29.5 Å². The summed E-state index contributed by atoms with van der Waals surface area (Å²) in [6.45, 7) is 6.42. The molecule has 2 aliphatic heterocycles. The van der Waals surface area contributed by atoms with Crippen LogP contribution in [0.2, 0.25) is 0 Å². The zero-order chi connectivity index (χ0) is 31.7. The second-order valence-corrected chi connectivity index (χ2v) is 11.7. The maximum Gasteiger partial charge on any atom is 0.417 e. The number of hydrogen-bond donors (Lipinski definition) is 0. The minimum atomic E-state index is -5.23. The molecule has 5 aromatic rings. The quantitative estimate of drug-likeness (QED) is 0.131. The largest absolute Gasteiger partial charge is 0.417 e. The van der Waals surface area contributed by atoms with E-state index in [0.29, 0.717) is 17.5 Å². The number of benzene rings is 3. The van der Waals surface area contributed by atoms with Crippen molar-refractivity contribution in [1.82, 2.24) is 0 Å². The fourth-order valence-corrected chi connectivity index (χ4v) is 7.22. The molecular formula is C37H28F6N2+2. The van der Waals surface area contributed by atoms with Gasteiger partial charge in [0.1, 0.15) is 0 Å². The van der Waals surface area contributed by atoms with Crippen molar-refractivity contribution in [2.75, 3.05) is 0 Å². The number of aromatic nitrogens is 2. The highest BCUT2D eigenvalue weighted by Crippen LogP contribution is 2.49. The Morgan fingerprint density at radius 1 is 0.733 bits per heavy atom. The summed E-state index contributed by atoms with van der Waals surface area (Å²) in [5.74, 6) is -0.364. The number of pyridine rings is 2. The molecule has 0 spiro atoms. The molecule has 0 amide bonds. The lowest BCUT2D eigenvalue weighted by Crippen LogP contribution is -2.53. The van der Waals surface area contributed by atoms with Crippen molar-refractivity contribution >= 4 is 5.70 Å². The van der Waals surface area contributed by atoms with Gasteiger partial charge in [-0.25, -0.2) is 0 Å². The van der Waals surface area contributed by atoms with E-state index in [9.17, 15) is 26.3 Å². The topological polar surface area (TPSA) is 7.76 Å². The summed E-state index contributed by atoms with van der Waals surface area (Å²) in [5.41, 5.74) is 2.76. The van der Waals surface area contributed by atoms with Crippen LogP contribution in [0.3, 0.4) is 0 Å². The number of rotatable bonds is 1. The molecule has 226 valence electrons. The van der Waals surface area contributed by atoms with Gasteiger partial charge in [-0.2, -0.15) is 35.5 Å². The average molecular weight is 615 g/mol. The lowest BCUT2D eigenvalue weighted by Gasteiger charge is -2.29. The van der Waals surface area contributed by atoms with Gasteiger partial charge in [0, 0.05) is 29.3 Å². The Labute approximate surface area is 256 Å². The smallest absolute Gasteiger partial charge is 0.184 e. The van der Waals surface area contributed by atoms with Gasteiger partial charge in [0.25, 0.3) is 0 Å². The summed E-state index contributed by atoms with van der Waals surface area (Å²) in [4.78, 5) is 0. The average Bonchev–Trinajstić information content (AvgIpc) is 3.06. The van der Waals surface area contributed by atoms with Crippen molar-refractivity contribution < 1.29 is 35.5 Å². The molecule has 7 rings (SSSR count). The first-order chi connectivity index (χ1) is 21.4. The molecule has 2 unspecified atom stereocenters. The van der Waals surface area contributed by atoms with Gasteiger partial charge in [0.2, 0.25) is 23.1 Å². The van der Waals surface area contributed by atoms with Gasteiger partial charge >= 0.3 is 12.4 Å². The molecule has 0 saturated carbocycles. The molecule has 3 aromatic carbocycles. The summed E-state index contributed by atoms with van der Waals surface area (Å²) in [5, 5.41) is 0. The third-order valence-electron chi connectivity index (χ3n) is 9.12. The fourth-order valence-electron chi connectivity index (χ4n) is 7.22. The minimum Gasteiger partial charge on any atom is -0.184 e. The lowest BCUT2D eigenvalue weighted by atomic mass is 9.78. The van der Waals surface area contributed by atoms with Gasteiger partial charge < -0.3 is 0 Å². The normalized spacial score (nSPS) is 17.5. The Kier molecular flexibility index (Phi) is 6.73. The molecule has 0 saturated heterocycles. The molecule has 2 atom stereocenters. The summed E-state index contributed by atoms with van der Waals surface area (Å²) >= 11 is 0. The molecule has 4 heterocycles. The summed E-state index contributed by atoms with van der Waals surface area (Å²) in [6.07, 6.45) is -6.63. The molecule has 2 nitrogen and oxygen atoms in total. The maximum atomic E-state index is 14.8. The van der Waals surface area contributed by atoms with Crippen LogP contribution in [0.1, 0.15) is 46.2 Å². The SMILES string of the molecule is C=C1C2C(CCc3c(ccc(C(F)(F)F)c3C(F)(F)F)-c3cc(C)c(-c4ccccc4)c[n+]31)c1ccccc1-c1cccc[n+]12. The van der Waals surface area contributed by atoms with E-state index in [2.05, 4.69) is 11.1 Å². The van der Waals surface area contributed by atoms with E-state index in [4.69, 9.17) is 0 Å². The highest BCUT2D eigenvalue weighted by atomic mass is 19.4. The Morgan fingerprint density at radius 2 is 1.44 bits per heavy atom. The molecule has 2 aliphatic rings. The van der Waals surface area contributed by atoms with Crippen LogP contribution in [0, 0.1) is 6.92 Å². The van der Waals surface area contributed by atoms with Crippen molar-refractivity contribution in [2.24, 2.45) is 0 Å². The number of nitrogens with zero attached hydrogens (tertiary/aromatic N) is 2. The third kappa shape index (κ3) is 4.74. The Hall–Kier alpha value is -4.72. The number of fused-ring (bicyclic) bond motifs is 9. The first-order valence-electron chi connectivity index (χ1n) is 14.7. The number of hydrogen-bond acceptors (Lipinski definition) is 0. The number of halogens is 6. The van der Waals surface area contributed by atoms with Gasteiger partial charge in [-0.15, -0.1) is 0 Å². The molecule has 45 heavy (non-hydrogen) atoms. The van der Waals surface area contributed by atoms with Gasteiger partial charge in [-0.05, 0) is 72.9 Å². The predicted octanol–water partition coefficient (Wildman–Crippen LogP) is 9.36. The zero-order valence-corrected chi connectivity index (χ0v) is 24.3. The maximum absolute atomic E-state index is 14.8. The summed E-state index contributed by atoms with van der Waals surface area (Å²) in [7, 11) is 0. The Bertz CT molecular complexity index is 1970. The van der Waals surface area contributed by atoms with Crippen LogP contribution in [0.5, 0.6) is 0 Å². The van der Waals surface area contributed by atoms with E-state index in [1.807, 2.05) is 92.1 Å². The first kappa shape index (κ1) is 29.0. The van der Waals surface area contributed by atoms with Crippen LogP contribution in [0.25, 0.3) is 39.3 Å². The van der Waals surface area contributed by atoms with E-state index in [-0.39, 0.29) is 29.9 Å². The summed E-state index contributed by atoms with van der Waals surface area (Å²) in [6, 6.07) is 26.3. The van der Waals surface area contributed by atoms with E-state index in [1.54, 1.807) is 10.6 Å². The standard InChI is InChI=1S/C37H28F6N2/c1-22-20-33-27-17-18-31(36(38,39)40)34(37(41,42)43)28(27)15-16-29-25-12-6-7-13-26(25)32-14-8-9-19-44(32)35(29)23(2)45(33)21-30(22)24-10-4-3-5-11-24/h3-14,17-21,29,35H,2,15-16H2,1H3/q+2. The number of alkyl halides is 6.